The number of halogens is 1. The summed E-state index contributed by atoms with van der Waals surface area (Å²) in [7, 11) is 1.57. The van der Waals surface area contributed by atoms with Gasteiger partial charge in [-0.2, -0.15) is 9.78 Å². The molecule has 0 aliphatic rings. The Kier molecular flexibility index (Phi) is 6.86. The van der Waals surface area contributed by atoms with Gasteiger partial charge < -0.3 is 10.5 Å². The number of hydrazone groups is 1. The first-order chi connectivity index (χ1) is 16.0. The molecule has 2 heterocycles. The van der Waals surface area contributed by atoms with Crippen molar-refractivity contribution in [3.05, 3.63) is 70.5 Å². The summed E-state index contributed by atoms with van der Waals surface area (Å²) in [4.78, 5) is 13.8. The molecule has 0 aliphatic carbocycles. The molecule has 0 aliphatic heterocycles. The average molecular weight is 485 g/mol. The van der Waals surface area contributed by atoms with Gasteiger partial charge in [-0.1, -0.05) is 28.9 Å². The van der Waals surface area contributed by atoms with Gasteiger partial charge in [-0.15, -0.1) is 16.9 Å². The number of nitrogens with two attached hydrogens (primary N) is 1. The summed E-state index contributed by atoms with van der Waals surface area (Å²) in [6, 6.07) is 14.5. The van der Waals surface area contributed by atoms with E-state index >= 15 is 0 Å². The number of carbonyl (C=O) groups is 1. The number of nitrogens with one attached hydrogen (secondary N) is 1. The lowest BCUT2D eigenvalue weighted by Gasteiger charge is -2.06. The zero-order valence-corrected chi connectivity index (χ0v) is 18.7. The van der Waals surface area contributed by atoms with Crippen LogP contribution >= 0.6 is 23.4 Å². The van der Waals surface area contributed by atoms with Crippen LogP contribution in [0.3, 0.4) is 0 Å². The Labute approximate surface area is 196 Å². The Bertz CT molecular complexity index is 1290. The maximum atomic E-state index is 12.8. The molecule has 0 spiro atoms. The highest BCUT2D eigenvalue weighted by Gasteiger charge is 2.24. The first-order valence-corrected chi connectivity index (χ1v) is 10.8. The van der Waals surface area contributed by atoms with E-state index in [1.165, 1.54) is 22.7 Å². The summed E-state index contributed by atoms with van der Waals surface area (Å²) in [5.74, 6) is 0.591. The number of anilines is 1. The molecule has 0 saturated carbocycles. The van der Waals surface area contributed by atoms with Crippen LogP contribution in [0, 0.1) is 0 Å². The molecular weight excluding hydrogens is 468 g/mol. The molecule has 2 aromatic heterocycles. The summed E-state index contributed by atoms with van der Waals surface area (Å²) in [5, 5.41) is 20.0. The SMILES string of the molecule is COc1cccc(/C=N\NC(=O)c2nnn(-c3nonc3N)c2CSc2ccc(Cl)cc2)c1. The topological polar surface area (TPSA) is 146 Å². The van der Waals surface area contributed by atoms with E-state index in [0.29, 0.717) is 22.2 Å². The van der Waals surface area contributed by atoms with E-state index in [2.05, 4.69) is 35.8 Å². The molecule has 2 aromatic carbocycles. The van der Waals surface area contributed by atoms with Crippen molar-refractivity contribution in [3.8, 4) is 11.6 Å². The highest BCUT2D eigenvalue weighted by molar-refractivity contribution is 7.98. The molecule has 4 rings (SSSR count). The standard InChI is InChI=1S/C20H17ClN8O3S/c1-31-14-4-2-3-12(9-14)10-23-25-20(30)17-16(11-33-15-7-5-13(21)6-8-15)29(28-24-17)19-18(22)26-32-27-19/h2-10H,11H2,1H3,(H2,22,26)(H,25,30)/b23-10-. The van der Waals surface area contributed by atoms with Crippen molar-refractivity contribution in [3.63, 3.8) is 0 Å². The number of aromatic nitrogens is 5. The lowest BCUT2D eigenvalue weighted by atomic mass is 10.2. The van der Waals surface area contributed by atoms with E-state index in [1.54, 1.807) is 25.3 Å². The quantitative estimate of drug-likeness (QED) is 0.219. The summed E-state index contributed by atoms with van der Waals surface area (Å²) < 4.78 is 11.2. The molecule has 11 nitrogen and oxygen atoms in total. The van der Waals surface area contributed by atoms with Crippen LogP contribution in [0.4, 0.5) is 5.82 Å². The Balaban J connectivity index is 1.56. The molecule has 0 atom stereocenters. The number of nitrogens with zero attached hydrogens (tertiary/aromatic N) is 6. The number of hydrogen-bond acceptors (Lipinski definition) is 10. The van der Waals surface area contributed by atoms with Crippen LogP contribution < -0.4 is 15.9 Å². The predicted molar refractivity (Wildman–Crippen MR) is 123 cm³/mol. The molecule has 0 bridgehead atoms. The highest BCUT2D eigenvalue weighted by Crippen LogP contribution is 2.27. The number of benzene rings is 2. The van der Waals surface area contributed by atoms with Gasteiger partial charge in [-0.3, -0.25) is 4.79 Å². The van der Waals surface area contributed by atoms with Crippen LogP contribution in [0.15, 0.2) is 63.2 Å². The minimum absolute atomic E-state index is 0.0145. The number of thioether (sulfide) groups is 1. The van der Waals surface area contributed by atoms with Gasteiger partial charge in [0, 0.05) is 15.7 Å². The van der Waals surface area contributed by atoms with Crippen molar-refractivity contribution >= 4 is 41.3 Å². The van der Waals surface area contributed by atoms with Gasteiger partial charge in [-0.05, 0) is 52.3 Å². The van der Waals surface area contributed by atoms with E-state index in [9.17, 15) is 4.79 Å². The molecule has 3 N–H and O–H groups in total. The Hall–Kier alpha value is -3.90. The fourth-order valence-corrected chi connectivity index (χ4v) is 3.76. The van der Waals surface area contributed by atoms with E-state index < -0.39 is 5.91 Å². The zero-order valence-electron chi connectivity index (χ0n) is 17.2. The molecular formula is C20H17ClN8O3S. The third-order valence-corrected chi connectivity index (χ3v) is 5.61. The Morgan fingerprint density at radius 3 is 2.85 bits per heavy atom. The van der Waals surface area contributed by atoms with Crippen molar-refractivity contribution in [1.29, 1.82) is 0 Å². The van der Waals surface area contributed by atoms with Crippen molar-refractivity contribution < 1.29 is 14.2 Å². The number of methoxy groups -OCH3 is 1. The van der Waals surface area contributed by atoms with Crippen LogP contribution in [0.5, 0.6) is 5.75 Å². The van der Waals surface area contributed by atoms with Gasteiger partial charge in [0.15, 0.2) is 5.69 Å². The number of amides is 1. The second-order valence-corrected chi connectivity index (χ2v) is 7.97. The van der Waals surface area contributed by atoms with Gasteiger partial charge in [-0.25, -0.2) is 10.1 Å². The van der Waals surface area contributed by atoms with Crippen molar-refractivity contribution in [2.75, 3.05) is 12.8 Å². The fourth-order valence-electron chi connectivity index (χ4n) is 2.74. The molecule has 4 aromatic rings. The fraction of sp³-hybridized carbons (Fsp3) is 0.100. The van der Waals surface area contributed by atoms with Crippen LogP contribution in [0.1, 0.15) is 21.7 Å². The molecule has 168 valence electrons. The minimum atomic E-state index is -0.554. The van der Waals surface area contributed by atoms with Crippen LogP contribution in [-0.4, -0.2) is 44.5 Å². The van der Waals surface area contributed by atoms with E-state index in [4.69, 9.17) is 22.1 Å². The van der Waals surface area contributed by atoms with E-state index in [1.807, 2.05) is 30.3 Å². The van der Waals surface area contributed by atoms with Gasteiger partial charge in [0.25, 0.3) is 5.91 Å². The number of hydrogen-bond donors (Lipinski definition) is 2. The summed E-state index contributed by atoms with van der Waals surface area (Å²) in [6.45, 7) is 0. The smallest absolute Gasteiger partial charge is 0.293 e. The van der Waals surface area contributed by atoms with Crippen molar-refractivity contribution in [1.82, 2.24) is 30.7 Å². The first kappa shape index (κ1) is 22.3. The predicted octanol–water partition coefficient (Wildman–Crippen LogP) is 2.95. The average Bonchev–Trinajstić information content (AvgIpc) is 3.44. The maximum Gasteiger partial charge on any atom is 0.293 e. The third kappa shape index (κ3) is 5.30. The van der Waals surface area contributed by atoms with Crippen LogP contribution in [-0.2, 0) is 5.75 Å². The summed E-state index contributed by atoms with van der Waals surface area (Å²) in [6.07, 6.45) is 1.49. The lowest BCUT2D eigenvalue weighted by molar-refractivity contribution is 0.0949. The molecule has 0 saturated heterocycles. The molecule has 1 amide bonds. The van der Waals surface area contributed by atoms with E-state index in [-0.39, 0.29) is 17.3 Å². The lowest BCUT2D eigenvalue weighted by Crippen LogP contribution is -2.20. The molecule has 0 radical (unpaired) electrons. The molecule has 33 heavy (non-hydrogen) atoms. The zero-order chi connectivity index (χ0) is 23.2. The molecule has 13 heteroatoms. The normalized spacial score (nSPS) is 11.1. The largest absolute Gasteiger partial charge is 0.497 e. The highest BCUT2D eigenvalue weighted by atomic mass is 35.5. The number of nitrogen functional groups attached to an aromatic ring is 1. The second-order valence-electron chi connectivity index (χ2n) is 6.49. The van der Waals surface area contributed by atoms with Gasteiger partial charge in [0.1, 0.15) is 5.75 Å². The third-order valence-electron chi connectivity index (χ3n) is 4.34. The minimum Gasteiger partial charge on any atom is -0.497 e. The van der Waals surface area contributed by atoms with Gasteiger partial charge in [0.2, 0.25) is 11.6 Å². The number of rotatable bonds is 8. The number of carbonyl (C=O) groups excluding carboxylic acids is 1. The van der Waals surface area contributed by atoms with Crippen LogP contribution in [0.25, 0.3) is 5.82 Å². The summed E-state index contributed by atoms with van der Waals surface area (Å²) in [5.41, 5.74) is 9.51. The monoisotopic (exact) mass is 484 g/mol. The second kappa shape index (κ2) is 10.1. The molecule has 0 unspecified atom stereocenters. The Morgan fingerprint density at radius 1 is 1.30 bits per heavy atom. The molecule has 0 fully saturated rings. The van der Waals surface area contributed by atoms with E-state index in [0.717, 1.165) is 10.5 Å². The summed E-state index contributed by atoms with van der Waals surface area (Å²) >= 11 is 7.40. The van der Waals surface area contributed by atoms with Crippen molar-refractivity contribution in [2.45, 2.75) is 10.6 Å². The maximum absolute atomic E-state index is 12.8. The van der Waals surface area contributed by atoms with Gasteiger partial charge in [0.05, 0.1) is 19.0 Å². The Morgan fingerprint density at radius 2 is 2.12 bits per heavy atom. The van der Waals surface area contributed by atoms with Crippen molar-refractivity contribution in [2.24, 2.45) is 5.10 Å². The number of ether oxygens (including phenoxy) is 1. The first-order valence-electron chi connectivity index (χ1n) is 9.44. The van der Waals surface area contributed by atoms with Gasteiger partial charge >= 0.3 is 0 Å². The van der Waals surface area contributed by atoms with Crippen LogP contribution in [0.2, 0.25) is 5.02 Å².